The maximum Gasteiger partial charge on any atom is 0.160 e. The van der Waals surface area contributed by atoms with Gasteiger partial charge in [0.15, 0.2) is 5.58 Å². The van der Waals surface area contributed by atoms with Crippen LogP contribution in [0.25, 0.3) is 143 Å². The van der Waals surface area contributed by atoms with Gasteiger partial charge in [-0.25, -0.2) is 0 Å². The summed E-state index contributed by atoms with van der Waals surface area (Å²) in [5, 5.41) is 35.5. The topological polar surface area (TPSA) is 80.4 Å². The number of furan rings is 1. The molecule has 0 saturated heterocycles. The van der Waals surface area contributed by atoms with E-state index in [1.165, 1.54) is 0 Å². The minimum absolute atomic E-state index is 0.383. The molecule has 0 amide bonds. The Morgan fingerprint density at radius 3 is 1.08 bits per heavy atom. The fourth-order valence-electron chi connectivity index (χ4n) is 12.6. The average molecular weight is 955 g/mol. The number of aromatic nitrogens is 4. The minimum Gasteiger partial charge on any atom is -0.454 e. The van der Waals surface area contributed by atoms with Gasteiger partial charge in [0, 0.05) is 53.9 Å². The van der Waals surface area contributed by atoms with E-state index in [4.69, 9.17) is 4.42 Å². The maximum absolute atomic E-state index is 12.8. The van der Waals surface area contributed by atoms with Gasteiger partial charge >= 0.3 is 0 Å². The van der Waals surface area contributed by atoms with Crippen LogP contribution in [-0.2, 0) is 0 Å². The third-order valence-electron chi connectivity index (χ3n) is 15.6. The zero-order valence-electron chi connectivity index (χ0n) is 40.0. The molecular formula is C68H38N6O. The van der Waals surface area contributed by atoms with Gasteiger partial charge in [0.05, 0.1) is 66.9 Å². The van der Waals surface area contributed by atoms with Gasteiger partial charge in [-0.05, 0) is 71.8 Å². The zero-order chi connectivity index (χ0) is 49.5. The lowest BCUT2D eigenvalue weighted by molar-refractivity contribution is 0.671. The molecule has 346 valence electrons. The van der Waals surface area contributed by atoms with Crippen molar-refractivity contribution >= 4 is 109 Å². The number of para-hydroxylation sites is 7. The molecule has 0 radical (unpaired) electrons. The van der Waals surface area contributed by atoms with Crippen molar-refractivity contribution in [2.24, 2.45) is 0 Å². The second-order valence-electron chi connectivity index (χ2n) is 19.3. The second-order valence-corrected chi connectivity index (χ2v) is 19.3. The van der Waals surface area contributed by atoms with Crippen LogP contribution in [0.3, 0.4) is 0 Å². The first-order valence-electron chi connectivity index (χ1n) is 25.1. The smallest absolute Gasteiger partial charge is 0.160 e. The molecule has 11 aromatic carbocycles. The van der Waals surface area contributed by atoms with Gasteiger partial charge in [0.25, 0.3) is 0 Å². The zero-order valence-corrected chi connectivity index (χ0v) is 40.0. The minimum atomic E-state index is 0.383. The van der Waals surface area contributed by atoms with E-state index in [1.807, 2.05) is 24.3 Å². The first-order valence-corrected chi connectivity index (χ1v) is 25.1. The molecule has 0 unspecified atom stereocenters. The number of hydrogen-bond donors (Lipinski definition) is 0. The molecule has 0 N–H and O–H groups in total. The van der Waals surface area contributed by atoms with Gasteiger partial charge in [0.2, 0.25) is 0 Å². The molecule has 0 saturated carbocycles. The average Bonchev–Trinajstić information content (AvgIpc) is 4.37. The van der Waals surface area contributed by atoms with Crippen molar-refractivity contribution in [2.45, 2.75) is 0 Å². The van der Waals surface area contributed by atoms with Gasteiger partial charge in [-0.2, -0.15) is 10.5 Å². The molecule has 5 aromatic heterocycles. The lowest BCUT2D eigenvalue weighted by Gasteiger charge is -2.27. The molecule has 0 spiro atoms. The number of benzene rings is 11. The van der Waals surface area contributed by atoms with Gasteiger partial charge in [0.1, 0.15) is 28.8 Å². The number of nitrogens with zero attached hydrogens (tertiary/aromatic N) is 6. The van der Waals surface area contributed by atoms with Crippen molar-refractivity contribution in [2.75, 3.05) is 0 Å². The number of nitriles is 2. The van der Waals surface area contributed by atoms with Gasteiger partial charge < -0.3 is 22.7 Å². The number of fused-ring (bicyclic) bond motifs is 16. The Morgan fingerprint density at radius 1 is 0.280 bits per heavy atom. The normalized spacial score (nSPS) is 12.0. The Labute approximate surface area is 428 Å². The number of hydrogen-bond acceptors (Lipinski definition) is 3. The molecule has 5 heterocycles. The summed E-state index contributed by atoms with van der Waals surface area (Å²) in [6.45, 7) is 0. The molecule has 0 bridgehead atoms. The molecule has 0 aliphatic heterocycles. The summed E-state index contributed by atoms with van der Waals surface area (Å²) in [6.07, 6.45) is 0. The summed E-state index contributed by atoms with van der Waals surface area (Å²) in [5.41, 5.74) is 13.8. The van der Waals surface area contributed by atoms with E-state index in [0.29, 0.717) is 39.5 Å². The fourth-order valence-corrected chi connectivity index (χ4v) is 12.6. The van der Waals surface area contributed by atoms with E-state index in [0.717, 1.165) is 115 Å². The van der Waals surface area contributed by atoms with E-state index in [2.05, 4.69) is 237 Å². The largest absolute Gasteiger partial charge is 0.454 e. The van der Waals surface area contributed by atoms with Crippen LogP contribution >= 0.6 is 0 Å². The van der Waals surface area contributed by atoms with Gasteiger partial charge in [-0.1, -0.05) is 170 Å². The molecule has 0 fully saturated rings. The van der Waals surface area contributed by atoms with Crippen molar-refractivity contribution in [3.8, 4) is 46.0 Å². The predicted molar refractivity (Wildman–Crippen MR) is 306 cm³/mol. The highest BCUT2D eigenvalue weighted by atomic mass is 16.3. The van der Waals surface area contributed by atoms with Crippen LogP contribution in [0.1, 0.15) is 11.1 Å². The Morgan fingerprint density at radius 2 is 0.640 bits per heavy atom. The van der Waals surface area contributed by atoms with Gasteiger partial charge in [-0.15, -0.1) is 0 Å². The van der Waals surface area contributed by atoms with Crippen molar-refractivity contribution in [3.63, 3.8) is 0 Å². The predicted octanol–water partition coefficient (Wildman–Crippen LogP) is 17.4. The van der Waals surface area contributed by atoms with Crippen LogP contribution in [0.5, 0.6) is 0 Å². The highest BCUT2D eigenvalue weighted by Gasteiger charge is 2.35. The van der Waals surface area contributed by atoms with Gasteiger partial charge in [-0.3, -0.25) is 0 Å². The van der Waals surface area contributed by atoms with Crippen LogP contribution in [0, 0.1) is 22.7 Å². The number of rotatable bonds is 5. The molecule has 75 heavy (non-hydrogen) atoms. The lowest BCUT2D eigenvalue weighted by Crippen LogP contribution is -2.16. The molecule has 7 nitrogen and oxygen atoms in total. The van der Waals surface area contributed by atoms with Crippen LogP contribution in [-0.4, -0.2) is 18.3 Å². The first-order chi connectivity index (χ1) is 37.2. The summed E-state index contributed by atoms with van der Waals surface area (Å²) in [6, 6.07) is 85.8. The lowest BCUT2D eigenvalue weighted by atomic mass is 9.98. The molecule has 16 aromatic rings. The quantitative estimate of drug-likeness (QED) is 0.172. The Kier molecular flexibility index (Phi) is 8.46. The second kappa shape index (κ2) is 15.5. The molecule has 0 aliphatic carbocycles. The van der Waals surface area contributed by atoms with Crippen molar-refractivity contribution in [1.29, 1.82) is 10.5 Å². The Hall–Kier alpha value is -10.6. The van der Waals surface area contributed by atoms with Crippen molar-refractivity contribution in [1.82, 2.24) is 18.3 Å². The van der Waals surface area contributed by atoms with Crippen LogP contribution in [0.2, 0.25) is 0 Å². The maximum atomic E-state index is 12.8. The Bertz CT molecular complexity index is 5060. The summed E-state index contributed by atoms with van der Waals surface area (Å²) in [4.78, 5) is 0. The summed E-state index contributed by atoms with van der Waals surface area (Å²) in [7, 11) is 0. The monoisotopic (exact) mass is 954 g/mol. The molecule has 0 aliphatic rings. The Balaban J connectivity index is 1.23. The third kappa shape index (κ3) is 5.50. The van der Waals surface area contributed by atoms with E-state index in [1.54, 1.807) is 0 Å². The summed E-state index contributed by atoms with van der Waals surface area (Å²) >= 11 is 0. The van der Waals surface area contributed by atoms with E-state index in [-0.39, 0.29) is 0 Å². The standard InChI is InChI=1S/C68H38N6O/c69-39-53-63(71-55-27-11-4-20-43(55)44-21-5-12-28-56(44)71)64(72-57-29-13-6-22-45(57)46-23-7-14-30-58(46)72)54(40-70)66(65(53)73-59-31-15-8-24-47(59)48-25-9-16-32-60(48)73)74-61-37-34-42(41-18-2-1-3-19-41)38-52(61)50-35-36-51-49-26-10-17-33-62(49)75-68(51)67(50)74/h1-38H. The molecule has 0 atom stereocenters. The summed E-state index contributed by atoms with van der Waals surface area (Å²) < 4.78 is 16.0. The van der Waals surface area contributed by atoms with E-state index >= 15 is 0 Å². The highest BCUT2D eigenvalue weighted by molar-refractivity contribution is 6.23. The van der Waals surface area contributed by atoms with Crippen LogP contribution < -0.4 is 0 Å². The van der Waals surface area contributed by atoms with Crippen LogP contribution in [0.15, 0.2) is 235 Å². The molecule has 7 heteroatoms. The SMILES string of the molecule is N#Cc1c(-n2c3ccccc3c3ccccc32)c(-n2c3ccccc3c3ccccc32)c(C#N)c(-n2c3ccc(-c4ccccc4)cc3c3ccc4c5ccccc5oc4c32)c1-n1c2ccccc2c2ccccc21. The summed E-state index contributed by atoms with van der Waals surface area (Å²) in [5.74, 6) is 0. The molecule has 16 rings (SSSR count). The van der Waals surface area contributed by atoms with Crippen molar-refractivity contribution in [3.05, 3.63) is 242 Å². The first kappa shape index (κ1) is 41.1. The van der Waals surface area contributed by atoms with Crippen molar-refractivity contribution < 1.29 is 4.42 Å². The highest BCUT2D eigenvalue weighted by Crippen LogP contribution is 2.50. The fraction of sp³-hybridized carbons (Fsp3) is 0. The van der Waals surface area contributed by atoms with E-state index in [9.17, 15) is 10.5 Å². The van der Waals surface area contributed by atoms with Crippen LogP contribution in [0.4, 0.5) is 0 Å². The molecular weight excluding hydrogens is 917 g/mol. The third-order valence-corrected chi connectivity index (χ3v) is 15.6. The van der Waals surface area contributed by atoms with E-state index < -0.39 is 0 Å².